The van der Waals surface area contributed by atoms with Gasteiger partial charge >= 0.3 is 0 Å². The van der Waals surface area contributed by atoms with Gasteiger partial charge in [-0.1, -0.05) is 67.6 Å². The summed E-state index contributed by atoms with van der Waals surface area (Å²) in [7, 11) is 0. The maximum Gasteiger partial charge on any atom is 0.0678 e. The molecule has 1 aromatic carbocycles. The first-order valence-corrected chi connectivity index (χ1v) is 10.2. The molecule has 3 atom stereocenters. The maximum absolute atomic E-state index is 5.83. The zero-order chi connectivity index (χ0) is 17.0. The van der Waals surface area contributed by atoms with Gasteiger partial charge in [-0.2, -0.15) is 0 Å². The third-order valence-electron chi connectivity index (χ3n) is 5.03. The van der Waals surface area contributed by atoms with Crippen LogP contribution in [0, 0.1) is 0 Å². The monoisotopic (exact) mass is 429 g/mol. The Morgan fingerprint density at radius 1 is 1.17 bits per heavy atom. The van der Waals surface area contributed by atoms with Gasteiger partial charge in [-0.3, -0.25) is 4.90 Å². The van der Waals surface area contributed by atoms with Crippen molar-refractivity contribution in [2.75, 3.05) is 19.6 Å². The van der Waals surface area contributed by atoms with Gasteiger partial charge in [0.05, 0.1) is 12.2 Å². The third kappa shape index (κ3) is 5.71. The first-order valence-electron chi connectivity index (χ1n) is 8.91. The summed E-state index contributed by atoms with van der Waals surface area (Å²) in [6.45, 7) is 14.5. The Morgan fingerprint density at radius 3 is 2.26 bits per heavy atom. The molecule has 1 aromatic rings. The van der Waals surface area contributed by atoms with E-state index in [2.05, 4.69) is 86.4 Å². The van der Waals surface area contributed by atoms with E-state index in [1.54, 1.807) is 0 Å². The van der Waals surface area contributed by atoms with Crippen LogP contribution in [0.3, 0.4) is 0 Å². The summed E-state index contributed by atoms with van der Waals surface area (Å²) >= 11 is 2.61. The van der Waals surface area contributed by atoms with E-state index in [0.29, 0.717) is 16.1 Å². The smallest absolute Gasteiger partial charge is 0.0678 e. The molecule has 0 aliphatic carbocycles. The van der Waals surface area contributed by atoms with Crippen LogP contribution in [0.1, 0.15) is 52.2 Å². The van der Waals surface area contributed by atoms with Crippen molar-refractivity contribution in [1.29, 1.82) is 0 Å². The lowest BCUT2D eigenvalue weighted by molar-refractivity contribution is -0.0673. The molecule has 1 fully saturated rings. The van der Waals surface area contributed by atoms with Crippen molar-refractivity contribution in [3.8, 4) is 0 Å². The van der Waals surface area contributed by atoms with E-state index in [1.807, 2.05) is 0 Å². The lowest BCUT2D eigenvalue weighted by atomic mass is 9.82. The van der Waals surface area contributed by atoms with Crippen molar-refractivity contribution in [2.45, 2.75) is 69.0 Å². The first kappa shape index (κ1) is 19.2. The van der Waals surface area contributed by atoms with Crippen LogP contribution in [0.25, 0.3) is 0 Å². The first-order chi connectivity index (χ1) is 10.8. The number of ether oxygens (including phenoxy) is 1. The summed E-state index contributed by atoms with van der Waals surface area (Å²) in [6.07, 6.45) is 3.04. The highest BCUT2D eigenvalue weighted by Gasteiger charge is 2.24. The van der Waals surface area contributed by atoms with E-state index in [0.717, 1.165) is 26.1 Å². The molecule has 1 heterocycles. The Hall–Kier alpha value is -0.130. The van der Waals surface area contributed by atoms with E-state index in [1.165, 1.54) is 17.5 Å². The average molecular weight is 429 g/mol. The van der Waals surface area contributed by atoms with E-state index in [9.17, 15) is 0 Å². The normalized spacial score (nSPS) is 24.6. The Labute approximate surface area is 156 Å². The molecule has 2 nitrogen and oxygen atoms in total. The van der Waals surface area contributed by atoms with Crippen LogP contribution in [0.4, 0.5) is 0 Å². The van der Waals surface area contributed by atoms with E-state index in [4.69, 9.17) is 4.74 Å². The van der Waals surface area contributed by atoms with Crippen LogP contribution in [0.5, 0.6) is 0 Å². The molecule has 0 N–H and O–H groups in total. The van der Waals surface area contributed by atoms with Crippen molar-refractivity contribution < 1.29 is 4.74 Å². The molecule has 1 aliphatic heterocycles. The van der Waals surface area contributed by atoms with Crippen LogP contribution in [-0.4, -0.2) is 40.7 Å². The van der Waals surface area contributed by atoms with Crippen molar-refractivity contribution in [2.24, 2.45) is 0 Å². The molecule has 0 radical (unpaired) electrons. The zero-order valence-electron chi connectivity index (χ0n) is 15.3. The van der Waals surface area contributed by atoms with Crippen LogP contribution in [-0.2, 0) is 16.6 Å². The highest BCUT2D eigenvalue weighted by molar-refractivity contribution is 14.1. The van der Waals surface area contributed by atoms with Crippen molar-refractivity contribution in [3.63, 3.8) is 0 Å². The topological polar surface area (TPSA) is 12.5 Å². The number of hydrogen-bond acceptors (Lipinski definition) is 2. The number of nitrogens with zero attached hydrogens (tertiary/aromatic N) is 1. The molecule has 23 heavy (non-hydrogen) atoms. The van der Waals surface area contributed by atoms with Crippen LogP contribution in [0.2, 0.25) is 0 Å². The second kappa shape index (κ2) is 8.30. The van der Waals surface area contributed by atoms with Crippen LogP contribution < -0.4 is 0 Å². The van der Waals surface area contributed by atoms with Gasteiger partial charge < -0.3 is 4.74 Å². The largest absolute Gasteiger partial charge is 0.373 e. The van der Waals surface area contributed by atoms with Gasteiger partial charge in [-0.15, -0.1) is 0 Å². The van der Waals surface area contributed by atoms with Crippen LogP contribution >= 0.6 is 22.6 Å². The number of morpholine rings is 1. The fourth-order valence-electron chi connectivity index (χ4n) is 3.33. The maximum atomic E-state index is 5.83. The Kier molecular flexibility index (Phi) is 6.93. The molecule has 0 saturated carbocycles. The highest BCUT2D eigenvalue weighted by Crippen LogP contribution is 2.27. The number of benzene rings is 1. The Balaban J connectivity index is 1.89. The van der Waals surface area contributed by atoms with E-state index >= 15 is 0 Å². The van der Waals surface area contributed by atoms with E-state index < -0.39 is 0 Å². The van der Waals surface area contributed by atoms with Crippen LogP contribution in [0.15, 0.2) is 24.3 Å². The zero-order valence-corrected chi connectivity index (χ0v) is 17.5. The minimum absolute atomic E-state index is 0.280. The van der Waals surface area contributed by atoms with Crippen molar-refractivity contribution in [3.05, 3.63) is 35.4 Å². The molecule has 1 aliphatic rings. The van der Waals surface area contributed by atoms with Gasteiger partial charge in [-0.05, 0) is 43.2 Å². The lowest BCUT2D eigenvalue weighted by Crippen LogP contribution is -2.47. The molecule has 1 unspecified atom stereocenters. The molecule has 0 bridgehead atoms. The predicted octanol–water partition coefficient (Wildman–Crippen LogP) is 4.83. The average Bonchev–Trinajstić information content (AvgIpc) is 2.46. The second-order valence-corrected chi connectivity index (χ2v) is 9.47. The molecule has 0 amide bonds. The minimum Gasteiger partial charge on any atom is -0.373 e. The quantitative estimate of drug-likeness (QED) is 0.475. The standard InChI is InChI=1S/C20H32INO/c1-6-20(4,5)18-9-7-17(8-10-18)11-19(21)14-22-12-15(2)23-16(3)13-22/h7-10,15-16,19H,6,11-14H2,1-5H3/t15-,16+,19?. The minimum atomic E-state index is 0.280. The summed E-state index contributed by atoms with van der Waals surface area (Å²) in [5, 5.41) is 0. The van der Waals surface area contributed by atoms with Gasteiger partial charge in [-0.25, -0.2) is 0 Å². The summed E-state index contributed by atoms with van der Waals surface area (Å²) in [4.78, 5) is 2.56. The predicted molar refractivity (Wildman–Crippen MR) is 108 cm³/mol. The van der Waals surface area contributed by atoms with Gasteiger partial charge in [0, 0.05) is 23.6 Å². The highest BCUT2D eigenvalue weighted by atomic mass is 127. The van der Waals surface area contributed by atoms with Crippen molar-refractivity contribution in [1.82, 2.24) is 4.90 Å². The summed E-state index contributed by atoms with van der Waals surface area (Å²) in [5.41, 5.74) is 3.18. The van der Waals surface area contributed by atoms with E-state index in [-0.39, 0.29) is 5.41 Å². The molecule has 0 aromatic heterocycles. The summed E-state index contributed by atoms with van der Waals surface area (Å²) < 4.78 is 6.48. The van der Waals surface area contributed by atoms with Gasteiger partial charge in [0.25, 0.3) is 0 Å². The molecule has 0 spiro atoms. The van der Waals surface area contributed by atoms with Gasteiger partial charge in [0.2, 0.25) is 0 Å². The number of hydrogen-bond donors (Lipinski definition) is 0. The fraction of sp³-hybridized carbons (Fsp3) is 0.700. The molecule has 130 valence electrons. The summed E-state index contributed by atoms with van der Waals surface area (Å²) in [5.74, 6) is 0. The van der Waals surface area contributed by atoms with Gasteiger partial charge in [0.15, 0.2) is 0 Å². The molecule has 1 saturated heterocycles. The fourth-order valence-corrected chi connectivity index (χ4v) is 4.40. The molecule has 3 heteroatoms. The molecular formula is C20H32INO. The Morgan fingerprint density at radius 2 is 1.74 bits per heavy atom. The third-order valence-corrected chi connectivity index (χ3v) is 5.86. The number of alkyl halides is 1. The second-order valence-electron chi connectivity index (χ2n) is 7.71. The Bertz CT molecular complexity index is 475. The number of halogens is 1. The SMILES string of the molecule is CCC(C)(C)c1ccc(CC(I)CN2C[C@@H](C)O[C@@H](C)C2)cc1. The molecular weight excluding hydrogens is 397 g/mol. The molecule has 2 rings (SSSR count). The number of rotatable bonds is 6. The lowest BCUT2D eigenvalue weighted by Gasteiger charge is -2.36. The summed E-state index contributed by atoms with van der Waals surface area (Å²) in [6, 6.07) is 9.29. The van der Waals surface area contributed by atoms with Gasteiger partial charge in [0.1, 0.15) is 0 Å². The van der Waals surface area contributed by atoms with Crippen molar-refractivity contribution >= 4 is 22.6 Å².